The maximum absolute atomic E-state index is 12.5. The lowest BCUT2D eigenvalue weighted by molar-refractivity contribution is -0.122. The van der Waals surface area contributed by atoms with Gasteiger partial charge in [0.2, 0.25) is 0 Å². The Hall–Kier alpha value is -2.06. The molecular weight excluding hydrogens is 395 g/mol. The fourth-order valence-electron chi connectivity index (χ4n) is 2.39. The zero-order chi connectivity index (χ0) is 18.8. The van der Waals surface area contributed by atoms with Crippen molar-refractivity contribution in [3.63, 3.8) is 0 Å². The fraction of sp³-hybridized carbons (Fsp3) is 0.176. The Labute approximate surface area is 164 Å². The minimum atomic E-state index is -0.743. The number of nitrogen functional groups attached to an aromatic ring is 1. The molecule has 0 saturated heterocycles. The van der Waals surface area contributed by atoms with Crippen molar-refractivity contribution in [3.05, 3.63) is 45.9 Å². The number of nitrogens with zero attached hydrogens (tertiary/aromatic N) is 1. The molecule has 1 atom stereocenters. The van der Waals surface area contributed by atoms with Crippen molar-refractivity contribution < 1.29 is 9.53 Å². The number of carbonyl (C=O) groups excluding carboxylic acids is 1. The second-order valence-corrected chi connectivity index (χ2v) is 7.50. The molecule has 1 heterocycles. The number of aryl methyl sites for hydroxylation is 1. The number of amides is 1. The summed E-state index contributed by atoms with van der Waals surface area (Å²) >= 11 is 13.3. The van der Waals surface area contributed by atoms with Crippen LogP contribution >= 0.6 is 34.5 Å². The third-order valence-corrected chi connectivity index (χ3v) is 5.11. The molecule has 4 N–H and O–H groups in total. The molecule has 0 aliphatic carbocycles. The van der Waals surface area contributed by atoms with Gasteiger partial charge < -0.3 is 10.1 Å². The van der Waals surface area contributed by atoms with Gasteiger partial charge in [-0.3, -0.25) is 10.2 Å². The van der Waals surface area contributed by atoms with Gasteiger partial charge in [0.25, 0.3) is 5.91 Å². The van der Waals surface area contributed by atoms with E-state index < -0.39 is 6.10 Å². The summed E-state index contributed by atoms with van der Waals surface area (Å²) in [5.74, 6) is 5.51. The Balaban J connectivity index is 1.75. The number of thiazole rings is 1. The summed E-state index contributed by atoms with van der Waals surface area (Å²) in [5.41, 5.74) is 4.97. The number of nitrogens with two attached hydrogens (primary N) is 1. The molecule has 0 aliphatic rings. The smallest absolute Gasteiger partial charge is 0.265 e. The van der Waals surface area contributed by atoms with Crippen LogP contribution in [0.25, 0.3) is 10.2 Å². The Morgan fingerprint density at radius 1 is 1.31 bits per heavy atom. The topological polar surface area (TPSA) is 89.3 Å². The highest BCUT2D eigenvalue weighted by Gasteiger charge is 2.17. The van der Waals surface area contributed by atoms with Crippen LogP contribution in [0.15, 0.2) is 30.3 Å². The summed E-state index contributed by atoms with van der Waals surface area (Å²) in [6.07, 6.45) is -0.743. The molecular formula is C17H16Cl2N4O2S. The Morgan fingerprint density at radius 2 is 2.08 bits per heavy atom. The molecule has 136 valence electrons. The zero-order valence-corrected chi connectivity index (χ0v) is 16.3. The van der Waals surface area contributed by atoms with Gasteiger partial charge in [-0.15, -0.1) is 0 Å². The second kappa shape index (κ2) is 7.67. The molecule has 0 saturated carbocycles. The van der Waals surface area contributed by atoms with Crippen molar-refractivity contribution in [1.82, 2.24) is 4.98 Å². The normalized spacial score (nSPS) is 12.0. The number of aromatic nitrogens is 1. The number of nitrogens with one attached hydrogen (secondary N) is 2. The van der Waals surface area contributed by atoms with Crippen molar-refractivity contribution in [2.45, 2.75) is 20.0 Å². The lowest BCUT2D eigenvalue weighted by Gasteiger charge is -2.16. The summed E-state index contributed by atoms with van der Waals surface area (Å²) in [6, 6.07) is 8.54. The van der Waals surface area contributed by atoms with Crippen molar-refractivity contribution in [1.29, 1.82) is 0 Å². The Kier molecular flexibility index (Phi) is 5.52. The van der Waals surface area contributed by atoms with Gasteiger partial charge in [0.15, 0.2) is 11.2 Å². The number of anilines is 2. The first-order chi connectivity index (χ1) is 12.4. The highest BCUT2D eigenvalue weighted by molar-refractivity contribution is 7.22. The number of fused-ring (bicyclic) bond motifs is 1. The summed E-state index contributed by atoms with van der Waals surface area (Å²) in [4.78, 5) is 16.8. The summed E-state index contributed by atoms with van der Waals surface area (Å²) in [6.45, 7) is 3.57. The molecule has 6 nitrogen and oxygen atoms in total. The molecule has 0 radical (unpaired) electrons. The first-order valence-electron chi connectivity index (χ1n) is 7.67. The zero-order valence-electron chi connectivity index (χ0n) is 14.0. The van der Waals surface area contributed by atoms with Gasteiger partial charge in [0.05, 0.1) is 15.2 Å². The number of hydrogen-bond acceptors (Lipinski definition) is 6. The van der Waals surface area contributed by atoms with E-state index in [1.807, 2.05) is 19.1 Å². The Bertz CT molecular complexity index is 977. The molecule has 2 aromatic carbocycles. The summed E-state index contributed by atoms with van der Waals surface area (Å²) in [5, 5.41) is 4.31. The maximum atomic E-state index is 12.5. The summed E-state index contributed by atoms with van der Waals surface area (Å²) < 4.78 is 6.55. The summed E-state index contributed by atoms with van der Waals surface area (Å²) in [7, 11) is 0. The third-order valence-electron chi connectivity index (χ3n) is 3.64. The van der Waals surface area contributed by atoms with E-state index in [0.717, 1.165) is 15.8 Å². The van der Waals surface area contributed by atoms with Crippen LogP contribution in [0.2, 0.25) is 10.0 Å². The molecule has 1 aromatic heterocycles. The number of halogens is 2. The molecule has 1 amide bonds. The quantitative estimate of drug-likeness (QED) is 0.422. The van der Waals surface area contributed by atoms with Crippen molar-refractivity contribution in [3.8, 4) is 5.75 Å². The van der Waals surface area contributed by atoms with Crippen LogP contribution in [0, 0.1) is 6.92 Å². The molecule has 0 aliphatic heterocycles. The lowest BCUT2D eigenvalue weighted by atomic mass is 10.2. The molecule has 3 aromatic rings. The van der Waals surface area contributed by atoms with E-state index in [1.165, 1.54) is 11.3 Å². The first-order valence-corrected chi connectivity index (χ1v) is 9.25. The molecule has 0 fully saturated rings. The van der Waals surface area contributed by atoms with E-state index in [1.54, 1.807) is 25.1 Å². The first kappa shape index (κ1) is 18.7. The molecule has 3 rings (SSSR count). The van der Waals surface area contributed by atoms with Gasteiger partial charge in [0, 0.05) is 10.7 Å². The highest BCUT2D eigenvalue weighted by Crippen LogP contribution is 2.31. The molecule has 0 spiro atoms. The average molecular weight is 411 g/mol. The van der Waals surface area contributed by atoms with Gasteiger partial charge in [0.1, 0.15) is 5.75 Å². The van der Waals surface area contributed by atoms with Crippen molar-refractivity contribution in [2.75, 3.05) is 10.7 Å². The SMILES string of the molecule is Cc1cc(NC(=O)[C@H](C)Oc2ccc(Cl)cc2Cl)cc2sc(NN)nc12. The van der Waals surface area contributed by atoms with Crippen LogP contribution in [0.3, 0.4) is 0 Å². The molecule has 0 bridgehead atoms. The van der Waals surface area contributed by atoms with Crippen molar-refractivity contribution >= 4 is 61.5 Å². The number of rotatable bonds is 5. The largest absolute Gasteiger partial charge is 0.479 e. The number of benzene rings is 2. The highest BCUT2D eigenvalue weighted by atomic mass is 35.5. The van der Waals surface area contributed by atoms with Gasteiger partial charge >= 0.3 is 0 Å². The van der Waals surface area contributed by atoms with E-state index in [4.69, 9.17) is 33.8 Å². The van der Waals surface area contributed by atoms with Crippen LogP contribution < -0.4 is 21.3 Å². The van der Waals surface area contributed by atoms with Crippen LogP contribution in [0.5, 0.6) is 5.75 Å². The number of hydrazine groups is 1. The van der Waals surface area contributed by atoms with E-state index in [-0.39, 0.29) is 5.91 Å². The fourth-order valence-corrected chi connectivity index (χ4v) is 3.74. The van der Waals surface area contributed by atoms with Crippen LogP contribution in [0.4, 0.5) is 10.8 Å². The van der Waals surface area contributed by atoms with Crippen LogP contribution in [-0.4, -0.2) is 17.0 Å². The van der Waals surface area contributed by atoms with Gasteiger partial charge in [-0.2, -0.15) is 0 Å². The van der Waals surface area contributed by atoms with Crippen LogP contribution in [-0.2, 0) is 4.79 Å². The lowest BCUT2D eigenvalue weighted by Crippen LogP contribution is -2.30. The minimum Gasteiger partial charge on any atom is -0.479 e. The number of hydrogen-bond donors (Lipinski definition) is 3. The average Bonchev–Trinajstić information content (AvgIpc) is 3.01. The molecule has 0 unspecified atom stereocenters. The third kappa shape index (κ3) is 4.02. The van der Waals surface area contributed by atoms with E-state index in [2.05, 4.69) is 15.7 Å². The number of ether oxygens (including phenoxy) is 1. The van der Waals surface area contributed by atoms with E-state index in [0.29, 0.717) is 26.6 Å². The van der Waals surface area contributed by atoms with Gasteiger partial charge in [-0.1, -0.05) is 34.5 Å². The second-order valence-electron chi connectivity index (χ2n) is 5.63. The van der Waals surface area contributed by atoms with Crippen molar-refractivity contribution in [2.24, 2.45) is 5.84 Å². The predicted molar refractivity (Wildman–Crippen MR) is 107 cm³/mol. The van der Waals surface area contributed by atoms with E-state index in [9.17, 15) is 4.79 Å². The van der Waals surface area contributed by atoms with Gasteiger partial charge in [-0.25, -0.2) is 10.8 Å². The standard InChI is InChI=1S/C17H16Cl2N4O2S/c1-8-5-11(7-14-15(8)22-17(23-20)26-14)21-16(24)9(2)25-13-4-3-10(18)6-12(13)19/h3-7,9H,20H2,1-2H3,(H,21,24)(H,22,23)/t9-/m0/s1. The minimum absolute atomic E-state index is 0.295. The molecule has 9 heteroatoms. The monoisotopic (exact) mass is 410 g/mol. The Morgan fingerprint density at radius 3 is 2.77 bits per heavy atom. The van der Waals surface area contributed by atoms with Gasteiger partial charge in [-0.05, 0) is 49.7 Å². The maximum Gasteiger partial charge on any atom is 0.265 e. The van der Waals surface area contributed by atoms with E-state index >= 15 is 0 Å². The number of carbonyl (C=O) groups is 1. The predicted octanol–water partition coefficient (Wildman–Crippen LogP) is 4.60. The molecule has 26 heavy (non-hydrogen) atoms. The van der Waals surface area contributed by atoms with Crippen LogP contribution in [0.1, 0.15) is 12.5 Å².